The number of ether oxygens (including phenoxy) is 1. The van der Waals surface area contributed by atoms with Gasteiger partial charge in [0.25, 0.3) is 11.8 Å². The molecule has 1 aromatic heterocycles. The number of hydrogen-bond acceptors (Lipinski definition) is 12. The standard InChI is InChI=1S/C17H19N5O6S3.Na/c18-17-19-8(5-31-17)10(21-27)13(23)20-11-14(24)22-12(16(25)26)9(6-30-15(11)22)29-4-7-2-1-3-28-7;/h5,7,11,15,27H,1-4,6H2,(H2,18,19)(H,20,23)(H,25,26);/q;+1/p-1/b21-10-;. The predicted molar refractivity (Wildman–Crippen MR) is 113 cm³/mol. The second-order valence-corrected chi connectivity index (χ2v) is 10.00. The molecule has 11 nitrogen and oxygen atoms in total. The van der Waals surface area contributed by atoms with Crippen molar-refractivity contribution in [3.05, 3.63) is 21.7 Å². The molecular formula is C17H18N5NaO6S3. The van der Waals surface area contributed by atoms with Gasteiger partial charge in [0.1, 0.15) is 17.1 Å². The first-order chi connectivity index (χ1) is 14.9. The molecule has 4 heterocycles. The SMILES string of the molecule is Nc1nc(/C(=N/O)C(=O)NC2C(=O)N3C(C(=O)[O-])=C(SCC4CCCO4)CSC23)cs1.[Na+]. The van der Waals surface area contributed by atoms with Gasteiger partial charge in [-0.05, 0) is 12.8 Å². The van der Waals surface area contributed by atoms with Crippen molar-refractivity contribution in [2.24, 2.45) is 5.16 Å². The molecule has 1 aromatic rings. The van der Waals surface area contributed by atoms with Gasteiger partial charge in [0.15, 0.2) is 10.8 Å². The number of anilines is 1. The molecule has 3 aliphatic rings. The van der Waals surface area contributed by atoms with Gasteiger partial charge in [0, 0.05) is 28.4 Å². The van der Waals surface area contributed by atoms with Crippen molar-refractivity contribution in [3.63, 3.8) is 0 Å². The number of oxime groups is 1. The number of carboxylic acid groups (broad SMARTS) is 1. The molecule has 3 aliphatic heterocycles. The van der Waals surface area contributed by atoms with E-state index in [1.165, 1.54) is 28.9 Å². The number of thioether (sulfide) groups is 2. The van der Waals surface area contributed by atoms with Gasteiger partial charge in [-0.1, -0.05) is 5.16 Å². The van der Waals surface area contributed by atoms with Crippen LogP contribution in [0.3, 0.4) is 0 Å². The van der Waals surface area contributed by atoms with E-state index in [4.69, 9.17) is 10.5 Å². The van der Waals surface area contributed by atoms with Crippen LogP contribution < -0.4 is 45.7 Å². The maximum atomic E-state index is 12.7. The Morgan fingerprint density at radius 1 is 1.50 bits per heavy atom. The van der Waals surface area contributed by atoms with Crippen molar-refractivity contribution in [3.8, 4) is 0 Å². The third-order valence-corrected chi connectivity index (χ3v) is 8.32. The second-order valence-electron chi connectivity index (χ2n) is 6.89. The molecule has 32 heavy (non-hydrogen) atoms. The molecule has 166 valence electrons. The topological polar surface area (TPSA) is 170 Å². The van der Waals surface area contributed by atoms with Gasteiger partial charge in [-0.25, -0.2) is 4.98 Å². The molecule has 2 amide bonds. The molecule has 0 bridgehead atoms. The normalized spacial score (nSPS) is 25.1. The minimum absolute atomic E-state index is 0. The van der Waals surface area contributed by atoms with Crippen molar-refractivity contribution in [2.45, 2.75) is 30.4 Å². The van der Waals surface area contributed by atoms with Crippen molar-refractivity contribution in [1.82, 2.24) is 15.2 Å². The predicted octanol–water partition coefficient (Wildman–Crippen LogP) is -3.82. The molecule has 3 atom stereocenters. The summed E-state index contributed by atoms with van der Waals surface area (Å²) >= 11 is 3.76. The number of thiazole rings is 1. The summed E-state index contributed by atoms with van der Waals surface area (Å²) in [7, 11) is 0. The third-order valence-electron chi connectivity index (χ3n) is 4.96. The van der Waals surface area contributed by atoms with Gasteiger partial charge in [0.05, 0.1) is 17.8 Å². The number of carbonyl (C=O) groups excluding carboxylic acids is 3. The zero-order valence-corrected chi connectivity index (χ0v) is 21.4. The van der Waals surface area contributed by atoms with Crippen LogP contribution in [0.1, 0.15) is 18.5 Å². The van der Waals surface area contributed by atoms with Crippen LogP contribution in [0, 0.1) is 0 Å². The summed E-state index contributed by atoms with van der Waals surface area (Å²) in [6.45, 7) is 0.701. The van der Waals surface area contributed by atoms with Crippen LogP contribution in [0.15, 0.2) is 21.1 Å². The molecule has 0 aromatic carbocycles. The van der Waals surface area contributed by atoms with Crippen LogP contribution in [0.4, 0.5) is 5.13 Å². The van der Waals surface area contributed by atoms with E-state index in [9.17, 15) is 24.7 Å². The van der Waals surface area contributed by atoms with E-state index in [0.717, 1.165) is 29.1 Å². The molecule has 0 spiro atoms. The Kier molecular flexibility index (Phi) is 8.52. The molecular weight excluding hydrogens is 489 g/mol. The molecule has 0 aliphatic carbocycles. The number of nitrogens with zero attached hydrogens (tertiary/aromatic N) is 3. The minimum Gasteiger partial charge on any atom is -0.543 e. The van der Waals surface area contributed by atoms with Crippen LogP contribution in [-0.2, 0) is 19.1 Å². The fraction of sp³-hybridized carbons (Fsp3) is 0.471. The summed E-state index contributed by atoms with van der Waals surface area (Å²) in [5, 5.41) is 27.5. The van der Waals surface area contributed by atoms with Crippen LogP contribution in [0.5, 0.6) is 0 Å². The number of carbonyl (C=O) groups is 3. The summed E-state index contributed by atoms with van der Waals surface area (Å²) in [6.07, 6.45) is 1.97. The Morgan fingerprint density at radius 2 is 2.28 bits per heavy atom. The summed E-state index contributed by atoms with van der Waals surface area (Å²) in [5.74, 6) is -1.86. The molecule has 3 unspecified atom stereocenters. The van der Waals surface area contributed by atoms with Crippen LogP contribution in [-0.4, -0.2) is 74.2 Å². The number of amides is 2. The first-order valence-electron chi connectivity index (χ1n) is 9.28. The fourth-order valence-corrected chi connectivity index (χ4v) is 6.73. The maximum absolute atomic E-state index is 12.7. The Balaban J connectivity index is 0.00000289. The Hall–Kier alpha value is -1.29. The molecule has 0 radical (unpaired) electrons. The third kappa shape index (κ3) is 4.95. The van der Waals surface area contributed by atoms with Crippen LogP contribution in [0.2, 0.25) is 0 Å². The summed E-state index contributed by atoms with van der Waals surface area (Å²) in [5.41, 5.74) is 5.07. The number of carboxylic acids is 1. The van der Waals surface area contributed by atoms with E-state index < -0.39 is 29.2 Å². The number of hydrogen-bond donors (Lipinski definition) is 3. The minimum atomic E-state index is -1.44. The zero-order chi connectivity index (χ0) is 22.1. The van der Waals surface area contributed by atoms with Crippen LogP contribution >= 0.6 is 34.9 Å². The van der Waals surface area contributed by atoms with E-state index in [1.807, 2.05) is 0 Å². The number of nitrogens with one attached hydrogen (secondary N) is 1. The van der Waals surface area contributed by atoms with E-state index in [-0.39, 0.29) is 57.9 Å². The molecule has 0 saturated carbocycles. The first-order valence-corrected chi connectivity index (χ1v) is 12.2. The first kappa shape index (κ1) is 25.3. The van der Waals surface area contributed by atoms with Gasteiger partial charge < -0.3 is 30.9 Å². The average Bonchev–Trinajstić information content (AvgIpc) is 3.42. The molecule has 4 rings (SSSR count). The number of nitrogen functional groups attached to an aromatic ring is 1. The smallest absolute Gasteiger partial charge is 0.543 e. The van der Waals surface area contributed by atoms with Crippen molar-refractivity contribution in [1.29, 1.82) is 0 Å². The summed E-state index contributed by atoms with van der Waals surface area (Å²) in [4.78, 5) is 42.6. The number of nitrogens with two attached hydrogens (primary N) is 1. The maximum Gasteiger partial charge on any atom is 1.00 e. The quantitative estimate of drug-likeness (QED) is 0.109. The van der Waals surface area contributed by atoms with E-state index in [1.54, 1.807) is 0 Å². The van der Waals surface area contributed by atoms with Crippen molar-refractivity contribution in [2.75, 3.05) is 23.8 Å². The fourth-order valence-electron chi connectivity index (χ4n) is 3.48. The van der Waals surface area contributed by atoms with Crippen molar-refractivity contribution < 1.29 is 59.0 Å². The van der Waals surface area contributed by atoms with Gasteiger partial charge in [0.2, 0.25) is 0 Å². The van der Waals surface area contributed by atoms with E-state index in [2.05, 4.69) is 15.5 Å². The van der Waals surface area contributed by atoms with Gasteiger partial charge in [-0.15, -0.1) is 34.9 Å². The number of fused-ring (bicyclic) bond motifs is 1. The van der Waals surface area contributed by atoms with Gasteiger partial charge in [-0.2, -0.15) is 0 Å². The number of aromatic nitrogens is 1. The Labute approximate surface area is 217 Å². The summed E-state index contributed by atoms with van der Waals surface area (Å²) in [6, 6.07) is -0.968. The van der Waals surface area contributed by atoms with Crippen LogP contribution in [0.25, 0.3) is 0 Å². The van der Waals surface area contributed by atoms with Gasteiger partial charge in [-0.3, -0.25) is 14.5 Å². The van der Waals surface area contributed by atoms with Gasteiger partial charge >= 0.3 is 29.6 Å². The molecule has 2 saturated heterocycles. The summed E-state index contributed by atoms with van der Waals surface area (Å²) < 4.78 is 5.57. The average molecular weight is 508 g/mol. The number of rotatable bonds is 7. The van der Waals surface area contributed by atoms with E-state index >= 15 is 0 Å². The Morgan fingerprint density at radius 3 is 2.88 bits per heavy atom. The molecule has 2 fully saturated rings. The number of aliphatic carboxylic acids is 1. The largest absolute Gasteiger partial charge is 1.00 e. The van der Waals surface area contributed by atoms with E-state index in [0.29, 0.717) is 23.0 Å². The number of β-lactam (4-membered cyclic amide) rings is 1. The monoisotopic (exact) mass is 507 g/mol. The zero-order valence-electron chi connectivity index (χ0n) is 17.0. The molecule has 4 N–H and O–H groups in total. The van der Waals surface area contributed by atoms with Crippen molar-refractivity contribution >= 4 is 63.5 Å². The Bertz CT molecular complexity index is 980. The molecule has 15 heteroatoms. The second kappa shape index (κ2) is 10.8.